The van der Waals surface area contributed by atoms with Gasteiger partial charge in [-0.25, -0.2) is 4.79 Å². The van der Waals surface area contributed by atoms with Crippen molar-refractivity contribution in [2.75, 3.05) is 6.54 Å². The first kappa shape index (κ1) is 50.8. The maximum absolute atomic E-state index is 13.6. The van der Waals surface area contributed by atoms with Gasteiger partial charge in [0.05, 0.1) is 6.54 Å². The molecule has 0 rings (SSSR count). The maximum Gasteiger partial charge on any atom is 0.326 e. The minimum absolute atomic E-state index is 0.00387. The van der Waals surface area contributed by atoms with Gasteiger partial charge in [-0.05, 0) is 64.2 Å². The van der Waals surface area contributed by atoms with Crippen molar-refractivity contribution < 1.29 is 43.5 Å². The minimum atomic E-state index is -1.52. The average Bonchev–Trinajstić information content (AvgIpc) is 3.10. The van der Waals surface area contributed by atoms with Crippen molar-refractivity contribution in [3.05, 3.63) is 0 Å². The first-order chi connectivity index (χ1) is 25.6. The van der Waals surface area contributed by atoms with Crippen molar-refractivity contribution in [1.29, 1.82) is 0 Å². The monoisotopic (exact) mass is 782 g/mol. The van der Waals surface area contributed by atoms with Gasteiger partial charge in [0.2, 0.25) is 41.4 Å². The smallest absolute Gasteiger partial charge is 0.326 e. The normalized spacial score (nSPS) is 15.6. The predicted molar refractivity (Wildman–Crippen MR) is 210 cm³/mol. The van der Waals surface area contributed by atoms with E-state index in [1.165, 1.54) is 20.8 Å². The number of carboxylic acids is 1. The molecular formula is C39H71N7O9. The van der Waals surface area contributed by atoms with E-state index in [9.17, 15) is 43.5 Å². The molecule has 0 unspecified atom stereocenters. The summed E-state index contributed by atoms with van der Waals surface area (Å²) in [7, 11) is 0. The van der Waals surface area contributed by atoms with Gasteiger partial charge in [0.25, 0.3) is 0 Å². The lowest BCUT2D eigenvalue weighted by atomic mass is 9.94. The SMILES string of the molecule is CCCCCCCC(=O)NCC(=O)N[C@@H](C)C(=O)N[C@@H](CC(C)C)C(=O)N[C@](C)(CC)C(=O)N[C@@H](C)C(=O)N[C@H](C(=O)N[C@@H](CC(C)C)C(=O)O)[C@@H](C)CC. The standard InChI is InChI=1S/C39H71N7O9/c1-12-15-16-17-18-19-30(47)40-22-31(48)41-26(9)33(49)43-28(20-23(4)5)35(51)46-39(11,14-3)38(55)42-27(10)34(50)45-32(25(8)13-2)36(52)44-29(37(53)54)21-24(6)7/h23-29,32H,12-22H2,1-11H3,(H,40,47)(H,41,48)(H,42,55)(H,43,49)(H,44,52)(H,45,50)(H,46,51)(H,53,54)/t25-,26-,27-,28-,29-,32-,39+/m0/s1. The summed E-state index contributed by atoms with van der Waals surface area (Å²) in [5.41, 5.74) is -1.52. The van der Waals surface area contributed by atoms with Crippen LogP contribution in [0.4, 0.5) is 0 Å². The molecule has 0 fully saturated rings. The second kappa shape index (κ2) is 25.8. The zero-order valence-corrected chi connectivity index (χ0v) is 35.1. The van der Waals surface area contributed by atoms with Gasteiger partial charge in [-0.2, -0.15) is 0 Å². The summed E-state index contributed by atoms with van der Waals surface area (Å²) in [6.07, 6.45) is 6.27. The highest BCUT2D eigenvalue weighted by Crippen LogP contribution is 2.15. The molecule has 8 N–H and O–H groups in total. The van der Waals surface area contributed by atoms with E-state index in [2.05, 4.69) is 44.1 Å². The molecule has 0 saturated carbocycles. The summed E-state index contributed by atoms with van der Waals surface area (Å²) >= 11 is 0. The van der Waals surface area contributed by atoms with Crippen LogP contribution in [0.3, 0.4) is 0 Å². The van der Waals surface area contributed by atoms with Gasteiger partial charge in [0, 0.05) is 6.42 Å². The highest BCUT2D eigenvalue weighted by Gasteiger charge is 2.38. The lowest BCUT2D eigenvalue weighted by molar-refractivity contribution is -0.143. The second-order valence-corrected chi connectivity index (χ2v) is 15.7. The Balaban J connectivity index is 5.54. The molecule has 0 saturated heterocycles. The molecule has 0 aromatic rings. The Labute approximate surface area is 328 Å². The molecule has 7 amide bonds. The zero-order valence-electron chi connectivity index (χ0n) is 35.1. The Morgan fingerprint density at radius 2 is 1.13 bits per heavy atom. The molecule has 0 radical (unpaired) electrons. The van der Waals surface area contributed by atoms with E-state index in [1.807, 2.05) is 34.6 Å². The molecule has 0 spiro atoms. The second-order valence-electron chi connectivity index (χ2n) is 15.7. The number of carbonyl (C=O) groups is 8. The van der Waals surface area contributed by atoms with Crippen LogP contribution in [0.2, 0.25) is 0 Å². The van der Waals surface area contributed by atoms with Crippen molar-refractivity contribution in [2.24, 2.45) is 17.8 Å². The third kappa shape index (κ3) is 19.8. The molecule has 0 aliphatic carbocycles. The highest BCUT2D eigenvalue weighted by atomic mass is 16.4. The van der Waals surface area contributed by atoms with Gasteiger partial charge in [0.15, 0.2) is 0 Å². The molecular weight excluding hydrogens is 710 g/mol. The van der Waals surface area contributed by atoms with Crippen molar-refractivity contribution in [3.8, 4) is 0 Å². The van der Waals surface area contributed by atoms with Crippen LogP contribution in [0, 0.1) is 17.8 Å². The molecule has 16 nitrogen and oxygen atoms in total. The number of unbranched alkanes of at least 4 members (excludes halogenated alkanes) is 4. The number of hydrogen-bond acceptors (Lipinski definition) is 8. The third-order valence-electron chi connectivity index (χ3n) is 9.53. The van der Waals surface area contributed by atoms with E-state index < -0.39 is 77.2 Å². The molecule has 0 aromatic heterocycles. The molecule has 55 heavy (non-hydrogen) atoms. The molecule has 316 valence electrons. The fraction of sp³-hybridized carbons (Fsp3) is 0.795. The van der Waals surface area contributed by atoms with Gasteiger partial charge >= 0.3 is 5.97 Å². The Bertz CT molecular complexity index is 1290. The number of carbonyl (C=O) groups excluding carboxylic acids is 7. The maximum atomic E-state index is 13.6. The van der Waals surface area contributed by atoms with Gasteiger partial charge in [-0.15, -0.1) is 0 Å². The number of amides is 7. The van der Waals surface area contributed by atoms with Crippen molar-refractivity contribution in [1.82, 2.24) is 37.2 Å². The van der Waals surface area contributed by atoms with E-state index in [0.717, 1.165) is 32.1 Å². The largest absolute Gasteiger partial charge is 0.480 e. The van der Waals surface area contributed by atoms with Crippen LogP contribution in [-0.2, 0) is 38.4 Å². The summed E-state index contributed by atoms with van der Waals surface area (Å²) in [6.45, 7) is 18.8. The number of hydrogen-bond donors (Lipinski definition) is 8. The number of rotatable bonds is 27. The predicted octanol–water partition coefficient (Wildman–Crippen LogP) is 2.43. The van der Waals surface area contributed by atoms with E-state index in [1.54, 1.807) is 13.8 Å². The van der Waals surface area contributed by atoms with Crippen LogP contribution in [0.5, 0.6) is 0 Å². The Kier molecular flexibility index (Phi) is 23.8. The molecule has 0 aliphatic rings. The Hall–Kier alpha value is -4.24. The highest BCUT2D eigenvalue weighted by molar-refractivity contribution is 5.98. The summed E-state index contributed by atoms with van der Waals surface area (Å²) in [6, 6.07) is -5.46. The zero-order chi connectivity index (χ0) is 42.5. The summed E-state index contributed by atoms with van der Waals surface area (Å²) in [5.74, 6) is -5.71. The summed E-state index contributed by atoms with van der Waals surface area (Å²) in [4.78, 5) is 103. The van der Waals surface area contributed by atoms with Crippen molar-refractivity contribution in [3.63, 3.8) is 0 Å². The number of nitrogens with one attached hydrogen (secondary N) is 7. The first-order valence-corrected chi connectivity index (χ1v) is 19.9. The minimum Gasteiger partial charge on any atom is -0.480 e. The fourth-order valence-corrected chi connectivity index (χ4v) is 5.53. The molecule has 7 atom stereocenters. The van der Waals surface area contributed by atoms with Crippen LogP contribution in [0.25, 0.3) is 0 Å². The van der Waals surface area contributed by atoms with Crippen LogP contribution in [-0.4, -0.2) is 94.7 Å². The third-order valence-corrected chi connectivity index (χ3v) is 9.53. The van der Waals surface area contributed by atoms with Crippen LogP contribution >= 0.6 is 0 Å². The molecule has 0 bridgehead atoms. The lowest BCUT2D eigenvalue weighted by Gasteiger charge is -2.33. The first-order valence-electron chi connectivity index (χ1n) is 19.9. The van der Waals surface area contributed by atoms with Crippen LogP contribution in [0.1, 0.15) is 140 Å². The Morgan fingerprint density at radius 1 is 0.600 bits per heavy atom. The van der Waals surface area contributed by atoms with Crippen LogP contribution < -0.4 is 37.2 Å². The van der Waals surface area contributed by atoms with Crippen LogP contribution in [0.15, 0.2) is 0 Å². The van der Waals surface area contributed by atoms with Crippen molar-refractivity contribution in [2.45, 2.75) is 176 Å². The van der Waals surface area contributed by atoms with E-state index in [0.29, 0.717) is 12.8 Å². The molecule has 16 heteroatoms. The fourth-order valence-electron chi connectivity index (χ4n) is 5.53. The Morgan fingerprint density at radius 3 is 1.65 bits per heavy atom. The topological polar surface area (TPSA) is 241 Å². The van der Waals surface area contributed by atoms with E-state index in [-0.39, 0.29) is 49.5 Å². The van der Waals surface area contributed by atoms with Crippen molar-refractivity contribution >= 4 is 47.3 Å². The van der Waals surface area contributed by atoms with Gasteiger partial charge < -0.3 is 42.3 Å². The van der Waals surface area contributed by atoms with E-state index in [4.69, 9.17) is 0 Å². The summed E-state index contributed by atoms with van der Waals surface area (Å²) < 4.78 is 0. The van der Waals surface area contributed by atoms with Gasteiger partial charge in [0.1, 0.15) is 35.7 Å². The summed E-state index contributed by atoms with van der Waals surface area (Å²) in [5, 5.41) is 27.8. The quantitative estimate of drug-likeness (QED) is 0.0570. The molecule has 0 heterocycles. The average molecular weight is 782 g/mol. The molecule has 0 aliphatic heterocycles. The van der Waals surface area contributed by atoms with Gasteiger partial charge in [-0.3, -0.25) is 33.6 Å². The number of carboxylic acid groups (broad SMARTS) is 1. The lowest BCUT2D eigenvalue weighted by Crippen LogP contribution is -2.63. The van der Waals surface area contributed by atoms with E-state index >= 15 is 0 Å². The number of aliphatic carboxylic acids is 1. The van der Waals surface area contributed by atoms with Gasteiger partial charge in [-0.1, -0.05) is 87.5 Å². The molecule has 0 aromatic carbocycles.